The minimum Gasteiger partial charge on any atom is -0.444 e. The van der Waals surface area contributed by atoms with Gasteiger partial charge in [-0.05, 0) is 38.3 Å². The van der Waals surface area contributed by atoms with Crippen LogP contribution in [0, 0.1) is 13.8 Å². The van der Waals surface area contributed by atoms with Gasteiger partial charge < -0.3 is 9.64 Å². The number of likely N-dealkylation sites (tertiary alicyclic amines) is 1. The number of pyridine rings is 1. The first-order valence-corrected chi connectivity index (χ1v) is 9.03. The van der Waals surface area contributed by atoms with Gasteiger partial charge in [0, 0.05) is 24.3 Å². The number of hydrogen-bond acceptors (Lipinski definition) is 4. The normalized spacial score (nSPS) is 15.0. The van der Waals surface area contributed by atoms with E-state index in [-0.39, 0.29) is 16.6 Å². The first-order valence-electron chi connectivity index (χ1n) is 8.66. The zero-order chi connectivity index (χ0) is 18.7. The Labute approximate surface area is 157 Å². The highest BCUT2D eigenvalue weighted by Gasteiger charge is 2.32. The van der Waals surface area contributed by atoms with E-state index < -0.39 is 12.1 Å². The van der Waals surface area contributed by atoms with E-state index in [1.54, 1.807) is 36.9 Å². The summed E-state index contributed by atoms with van der Waals surface area (Å²) < 4.78 is 5.64. The van der Waals surface area contributed by atoms with Crippen molar-refractivity contribution in [2.24, 2.45) is 0 Å². The van der Waals surface area contributed by atoms with Crippen molar-refractivity contribution in [2.75, 3.05) is 13.1 Å². The molecule has 5 nitrogen and oxygen atoms in total. The number of carbonyl (C=O) groups is 2. The van der Waals surface area contributed by atoms with E-state index in [0.29, 0.717) is 24.2 Å². The van der Waals surface area contributed by atoms with Gasteiger partial charge in [-0.25, -0.2) is 9.78 Å². The highest BCUT2D eigenvalue weighted by atomic mass is 35.5. The second-order valence-electron chi connectivity index (χ2n) is 6.47. The van der Waals surface area contributed by atoms with E-state index in [2.05, 4.69) is 4.98 Å². The average Bonchev–Trinajstić information content (AvgIpc) is 3.13. The zero-order valence-electron chi connectivity index (χ0n) is 14.9. The number of carbonyl (C=O) groups excluding carboxylic acids is 2. The van der Waals surface area contributed by atoms with Crippen LogP contribution in [-0.4, -0.2) is 34.8 Å². The minimum atomic E-state index is -0.987. The van der Waals surface area contributed by atoms with Crippen LogP contribution in [0.3, 0.4) is 0 Å². The maximum Gasteiger partial charge on any atom is 0.342 e. The van der Waals surface area contributed by atoms with Gasteiger partial charge in [0.2, 0.25) is 6.10 Å². The van der Waals surface area contributed by atoms with Crippen molar-refractivity contribution in [2.45, 2.75) is 32.8 Å². The van der Waals surface area contributed by atoms with Crippen molar-refractivity contribution in [1.82, 2.24) is 9.88 Å². The largest absolute Gasteiger partial charge is 0.444 e. The molecule has 0 saturated carbocycles. The molecule has 1 aromatic heterocycles. The molecule has 0 aliphatic carbocycles. The summed E-state index contributed by atoms with van der Waals surface area (Å²) in [5.74, 6) is -0.836. The molecule has 1 aliphatic heterocycles. The Morgan fingerprint density at radius 3 is 2.42 bits per heavy atom. The SMILES string of the molecule is Cc1cc(C)c(C(=O)O[C@H](C(=O)N2CCCC2)c2ccccc2)c(Cl)n1. The lowest BCUT2D eigenvalue weighted by molar-refractivity contribution is -0.140. The Balaban J connectivity index is 1.91. The van der Waals surface area contributed by atoms with Crippen molar-refractivity contribution >= 4 is 23.5 Å². The third-order valence-electron chi connectivity index (χ3n) is 4.47. The molecule has 0 unspecified atom stereocenters. The number of hydrogen-bond donors (Lipinski definition) is 0. The Morgan fingerprint density at radius 2 is 1.81 bits per heavy atom. The van der Waals surface area contributed by atoms with Gasteiger partial charge in [0.25, 0.3) is 5.91 Å². The van der Waals surface area contributed by atoms with Crippen molar-refractivity contribution < 1.29 is 14.3 Å². The summed E-state index contributed by atoms with van der Waals surface area (Å²) in [5, 5.41) is 0.0907. The average molecular weight is 373 g/mol. The van der Waals surface area contributed by atoms with Crippen LogP contribution >= 0.6 is 11.6 Å². The summed E-state index contributed by atoms with van der Waals surface area (Å²) in [6.45, 7) is 4.95. The van der Waals surface area contributed by atoms with Crippen LogP contribution in [0.2, 0.25) is 5.15 Å². The number of benzene rings is 1. The fourth-order valence-electron chi connectivity index (χ4n) is 3.19. The summed E-state index contributed by atoms with van der Waals surface area (Å²) in [4.78, 5) is 31.6. The molecular formula is C20H21ClN2O3. The summed E-state index contributed by atoms with van der Waals surface area (Å²) in [6.07, 6.45) is 0.945. The first-order chi connectivity index (χ1) is 12.5. The van der Waals surface area contributed by atoms with Crippen LogP contribution in [-0.2, 0) is 9.53 Å². The second kappa shape index (κ2) is 7.87. The Morgan fingerprint density at radius 1 is 1.15 bits per heavy atom. The maximum absolute atomic E-state index is 12.9. The Hall–Kier alpha value is -2.40. The van der Waals surface area contributed by atoms with E-state index in [1.807, 2.05) is 18.2 Å². The number of aromatic nitrogens is 1. The molecule has 0 bridgehead atoms. The quantitative estimate of drug-likeness (QED) is 0.603. The number of halogens is 1. The monoisotopic (exact) mass is 372 g/mol. The summed E-state index contributed by atoms with van der Waals surface area (Å²) in [5.41, 5.74) is 2.24. The molecule has 2 heterocycles. The van der Waals surface area contributed by atoms with Gasteiger partial charge in [-0.2, -0.15) is 0 Å². The highest BCUT2D eigenvalue weighted by molar-refractivity contribution is 6.32. The highest BCUT2D eigenvalue weighted by Crippen LogP contribution is 2.27. The molecule has 1 aromatic carbocycles. The fourth-order valence-corrected chi connectivity index (χ4v) is 3.55. The molecule has 136 valence electrons. The van der Waals surface area contributed by atoms with Gasteiger partial charge in [-0.15, -0.1) is 0 Å². The van der Waals surface area contributed by atoms with Gasteiger partial charge >= 0.3 is 5.97 Å². The van der Waals surface area contributed by atoms with E-state index in [0.717, 1.165) is 18.5 Å². The van der Waals surface area contributed by atoms with Crippen molar-refractivity contribution in [3.63, 3.8) is 0 Å². The van der Waals surface area contributed by atoms with Crippen LogP contribution in [0.1, 0.15) is 46.1 Å². The van der Waals surface area contributed by atoms with Crippen molar-refractivity contribution in [3.8, 4) is 0 Å². The lowest BCUT2D eigenvalue weighted by Crippen LogP contribution is -2.35. The maximum atomic E-state index is 12.9. The van der Waals surface area contributed by atoms with Crippen molar-refractivity contribution in [3.05, 3.63) is 63.9 Å². The molecule has 0 spiro atoms. The predicted octanol–water partition coefficient (Wildman–Crippen LogP) is 3.87. The molecule has 1 saturated heterocycles. The third kappa shape index (κ3) is 3.88. The minimum absolute atomic E-state index is 0.0907. The standard InChI is InChI=1S/C20H21ClN2O3/c1-13-12-14(2)22-18(21)16(13)20(25)26-17(15-8-4-3-5-9-15)19(24)23-10-6-7-11-23/h3-5,8-9,12,17H,6-7,10-11H2,1-2H3/t17-/m0/s1. The van der Waals surface area contributed by atoms with Crippen LogP contribution in [0.15, 0.2) is 36.4 Å². The Kier molecular flexibility index (Phi) is 5.57. The third-order valence-corrected chi connectivity index (χ3v) is 4.75. The smallest absolute Gasteiger partial charge is 0.342 e. The van der Waals surface area contributed by atoms with Crippen LogP contribution in [0.25, 0.3) is 0 Å². The lowest BCUT2D eigenvalue weighted by atomic mass is 10.1. The molecule has 0 N–H and O–H groups in total. The summed E-state index contributed by atoms with van der Waals surface area (Å²) in [7, 11) is 0. The number of rotatable bonds is 4. The molecule has 6 heteroatoms. The van der Waals surface area contributed by atoms with Gasteiger partial charge in [-0.3, -0.25) is 4.79 Å². The second-order valence-corrected chi connectivity index (χ2v) is 6.83. The van der Waals surface area contributed by atoms with E-state index in [9.17, 15) is 9.59 Å². The number of amides is 1. The van der Waals surface area contributed by atoms with Gasteiger partial charge in [0.15, 0.2) is 0 Å². The van der Waals surface area contributed by atoms with Gasteiger partial charge in [0.05, 0.1) is 5.56 Å². The van der Waals surface area contributed by atoms with Crippen LogP contribution in [0.4, 0.5) is 0 Å². The summed E-state index contributed by atoms with van der Waals surface area (Å²) in [6, 6.07) is 10.8. The number of ether oxygens (including phenoxy) is 1. The number of aryl methyl sites for hydroxylation is 2. The van der Waals surface area contributed by atoms with E-state index in [1.165, 1.54) is 0 Å². The van der Waals surface area contributed by atoms with Crippen LogP contribution in [0.5, 0.6) is 0 Å². The molecule has 1 atom stereocenters. The number of esters is 1. The topological polar surface area (TPSA) is 59.5 Å². The molecule has 26 heavy (non-hydrogen) atoms. The molecular weight excluding hydrogens is 352 g/mol. The fraction of sp³-hybridized carbons (Fsp3) is 0.350. The van der Waals surface area contributed by atoms with Gasteiger partial charge in [-0.1, -0.05) is 41.9 Å². The van der Waals surface area contributed by atoms with E-state index >= 15 is 0 Å². The Bertz CT molecular complexity index is 794. The van der Waals surface area contributed by atoms with E-state index in [4.69, 9.17) is 16.3 Å². The summed E-state index contributed by atoms with van der Waals surface area (Å²) >= 11 is 6.16. The molecule has 1 aliphatic rings. The molecule has 3 rings (SSSR count). The molecule has 2 aromatic rings. The van der Waals surface area contributed by atoms with Crippen molar-refractivity contribution in [1.29, 1.82) is 0 Å². The molecule has 1 fully saturated rings. The zero-order valence-corrected chi connectivity index (χ0v) is 15.6. The first kappa shape index (κ1) is 18.4. The van der Waals surface area contributed by atoms with Gasteiger partial charge in [0.1, 0.15) is 5.15 Å². The van der Waals surface area contributed by atoms with Crippen LogP contribution < -0.4 is 0 Å². The predicted molar refractivity (Wildman–Crippen MR) is 99.1 cm³/mol. The molecule has 0 radical (unpaired) electrons. The lowest BCUT2D eigenvalue weighted by Gasteiger charge is -2.24. The number of nitrogens with zero attached hydrogens (tertiary/aromatic N) is 2. The molecule has 1 amide bonds.